The van der Waals surface area contributed by atoms with Gasteiger partial charge in [0.05, 0.1) is 0 Å². The molecule has 0 aromatic carbocycles. The lowest BCUT2D eigenvalue weighted by atomic mass is 10.3. The lowest BCUT2D eigenvalue weighted by Crippen LogP contribution is -2.29. The monoisotopic (exact) mass is 223 g/mol. The summed E-state index contributed by atoms with van der Waals surface area (Å²) in [5, 5.41) is 2.23. The van der Waals surface area contributed by atoms with Crippen LogP contribution >= 0.6 is 0 Å². The molecule has 0 aliphatic carbocycles. The van der Waals surface area contributed by atoms with E-state index in [-0.39, 0.29) is 12.1 Å². The standard InChI is InChI=1S/C10H13N3O3/c1-2-9(15)13-7(10(12)16)5-3-4-6-8(11)14/h2,4-6H,1,3H2,(H2,11,14)(H2,12,16)(H,13,15). The first-order valence-electron chi connectivity index (χ1n) is 4.36. The van der Waals surface area contributed by atoms with E-state index >= 15 is 0 Å². The maximum absolute atomic E-state index is 10.9. The Labute approximate surface area is 92.7 Å². The molecular formula is C10H13N3O3. The molecule has 0 aromatic rings. The topological polar surface area (TPSA) is 115 Å². The molecule has 16 heavy (non-hydrogen) atoms. The molecule has 86 valence electrons. The van der Waals surface area contributed by atoms with Gasteiger partial charge >= 0.3 is 0 Å². The van der Waals surface area contributed by atoms with Crippen molar-refractivity contribution in [2.24, 2.45) is 11.5 Å². The van der Waals surface area contributed by atoms with E-state index in [1.54, 1.807) is 0 Å². The zero-order chi connectivity index (χ0) is 12.6. The molecule has 0 bridgehead atoms. The molecule has 0 aliphatic heterocycles. The van der Waals surface area contributed by atoms with Gasteiger partial charge in [0.2, 0.25) is 11.8 Å². The molecule has 0 aromatic heterocycles. The van der Waals surface area contributed by atoms with Gasteiger partial charge in [-0.3, -0.25) is 14.4 Å². The smallest absolute Gasteiger partial charge is 0.264 e. The predicted molar refractivity (Wildman–Crippen MR) is 58.6 cm³/mol. The predicted octanol–water partition coefficient (Wildman–Crippen LogP) is -0.911. The van der Waals surface area contributed by atoms with Crippen LogP contribution in [0, 0.1) is 0 Å². The van der Waals surface area contributed by atoms with Gasteiger partial charge in [0.25, 0.3) is 5.91 Å². The molecule has 5 N–H and O–H groups in total. The quantitative estimate of drug-likeness (QED) is 0.506. The van der Waals surface area contributed by atoms with Crippen molar-refractivity contribution in [3.05, 3.63) is 36.6 Å². The van der Waals surface area contributed by atoms with Gasteiger partial charge in [0.1, 0.15) is 5.70 Å². The molecule has 0 rings (SSSR count). The summed E-state index contributed by atoms with van der Waals surface area (Å²) >= 11 is 0. The summed E-state index contributed by atoms with van der Waals surface area (Å²) in [6.07, 6.45) is 5.20. The zero-order valence-electron chi connectivity index (χ0n) is 8.60. The van der Waals surface area contributed by atoms with Gasteiger partial charge in [0.15, 0.2) is 0 Å². The van der Waals surface area contributed by atoms with Crippen LogP contribution in [0.5, 0.6) is 0 Å². The minimum Gasteiger partial charge on any atom is -0.366 e. The maximum Gasteiger partial charge on any atom is 0.264 e. The minimum absolute atomic E-state index is 0.0565. The number of allylic oxidation sites excluding steroid dienone is 2. The average Bonchev–Trinajstić information content (AvgIpc) is 2.21. The Bertz CT molecular complexity index is 370. The number of nitrogens with two attached hydrogens (primary N) is 2. The highest BCUT2D eigenvalue weighted by Gasteiger charge is 2.05. The Morgan fingerprint density at radius 2 is 1.88 bits per heavy atom. The van der Waals surface area contributed by atoms with Crippen LogP contribution in [0.2, 0.25) is 0 Å². The molecule has 6 nitrogen and oxygen atoms in total. The van der Waals surface area contributed by atoms with Gasteiger partial charge in [-0.25, -0.2) is 0 Å². The second kappa shape index (κ2) is 6.99. The summed E-state index contributed by atoms with van der Waals surface area (Å²) in [6.45, 7) is 3.23. The fraction of sp³-hybridized carbons (Fsp3) is 0.100. The number of hydrogen-bond acceptors (Lipinski definition) is 3. The zero-order valence-corrected chi connectivity index (χ0v) is 8.60. The van der Waals surface area contributed by atoms with Crippen molar-refractivity contribution in [1.82, 2.24) is 5.32 Å². The highest BCUT2D eigenvalue weighted by Crippen LogP contribution is 1.93. The highest BCUT2D eigenvalue weighted by molar-refractivity contribution is 5.99. The van der Waals surface area contributed by atoms with E-state index in [2.05, 4.69) is 11.9 Å². The molecule has 0 spiro atoms. The Morgan fingerprint density at radius 1 is 1.25 bits per heavy atom. The van der Waals surface area contributed by atoms with E-state index in [4.69, 9.17) is 11.5 Å². The van der Waals surface area contributed by atoms with Crippen LogP contribution in [0.15, 0.2) is 36.6 Å². The van der Waals surface area contributed by atoms with E-state index in [9.17, 15) is 14.4 Å². The molecule has 0 radical (unpaired) electrons. The molecule has 3 amide bonds. The van der Waals surface area contributed by atoms with E-state index in [0.717, 1.165) is 12.2 Å². The van der Waals surface area contributed by atoms with Crippen molar-refractivity contribution in [1.29, 1.82) is 0 Å². The average molecular weight is 223 g/mol. The molecule has 0 saturated carbocycles. The van der Waals surface area contributed by atoms with Gasteiger partial charge in [-0.15, -0.1) is 0 Å². The third kappa shape index (κ3) is 6.14. The Kier molecular flexibility index (Phi) is 5.96. The second-order valence-electron chi connectivity index (χ2n) is 2.72. The third-order valence-corrected chi connectivity index (χ3v) is 1.45. The number of primary amides is 2. The van der Waals surface area contributed by atoms with Crippen molar-refractivity contribution in [3.8, 4) is 0 Å². The fourth-order valence-electron chi connectivity index (χ4n) is 0.767. The SMILES string of the molecule is C=CC(=O)NC(=CCC=CC(N)=O)C(N)=O. The highest BCUT2D eigenvalue weighted by atomic mass is 16.2. The number of nitrogens with one attached hydrogen (secondary N) is 1. The van der Waals surface area contributed by atoms with E-state index in [1.807, 2.05) is 0 Å². The van der Waals surface area contributed by atoms with Crippen molar-refractivity contribution in [2.75, 3.05) is 0 Å². The molecule has 0 aliphatic rings. The van der Waals surface area contributed by atoms with Crippen LogP contribution in [0.3, 0.4) is 0 Å². The van der Waals surface area contributed by atoms with E-state index in [1.165, 1.54) is 12.2 Å². The Morgan fingerprint density at radius 3 is 2.31 bits per heavy atom. The molecular weight excluding hydrogens is 210 g/mol. The number of carbonyl (C=O) groups is 3. The first-order valence-corrected chi connectivity index (χ1v) is 4.36. The summed E-state index contributed by atoms with van der Waals surface area (Å²) in [7, 11) is 0. The van der Waals surface area contributed by atoms with Crippen LogP contribution in [0.4, 0.5) is 0 Å². The van der Waals surface area contributed by atoms with Crippen molar-refractivity contribution in [2.45, 2.75) is 6.42 Å². The van der Waals surface area contributed by atoms with Crippen molar-refractivity contribution in [3.63, 3.8) is 0 Å². The van der Waals surface area contributed by atoms with E-state index < -0.39 is 17.7 Å². The van der Waals surface area contributed by atoms with Crippen LogP contribution in [-0.2, 0) is 14.4 Å². The molecule has 0 fully saturated rings. The number of carbonyl (C=O) groups excluding carboxylic acids is 3. The van der Waals surface area contributed by atoms with Gasteiger partial charge in [-0.05, 0) is 18.6 Å². The van der Waals surface area contributed by atoms with Gasteiger partial charge in [-0.2, -0.15) is 0 Å². The van der Waals surface area contributed by atoms with Gasteiger partial charge in [-0.1, -0.05) is 18.7 Å². The van der Waals surface area contributed by atoms with Crippen molar-refractivity contribution >= 4 is 17.7 Å². The summed E-state index contributed by atoms with van der Waals surface area (Å²) in [5.74, 6) is -1.91. The lowest BCUT2D eigenvalue weighted by Gasteiger charge is -2.02. The molecule has 0 unspecified atom stereocenters. The first-order chi connectivity index (χ1) is 7.47. The largest absolute Gasteiger partial charge is 0.366 e. The van der Waals surface area contributed by atoms with Crippen LogP contribution in [-0.4, -0.2) is 17.7 Å². The third-order valence-electron chi connectivity index (χ3n) is 1.45. The fourth-order valence-corrected chi connectivity index (χ4v) is 0.767. The maximum atomic E-state index is 10.9. The van der Waals surface area contributed by atoms with Crippen molar-refractivity contribution < 1.29 is 14.4 Å². The van der Waals surface area contributed by atoms with Gasteiger partial charge < -0.3 is 16.8 Å². The molecule has 6 heteroatoms. The van der Waals surface area contributed by atoms with Crippen LogP contribution < -0.4 is 16.8 Å². The molecule has 0 heterocycles. The normalized spacial score (nSPS) is 11.1. The lowest BCUT2D eigenvalue weighted by molar-refractivity contribution is -0.119. The second-order valence-corrected chi connectivity index (χ2v) is 2.72. The summed E-state index contributed by atoms with van der Waals surface area (Å²) in [6, 6.07) is 0. The summed E-state index contributed by atoms with van der Waals surface area (Å²) in [4.78, 5) is 32.1. The van der Waals surface area contributed by atoms with Crippen LogP contribution in [0.1, 0.15) is 6.42 Å². The van der Waals surface area contributed by atoms with Gasteiger partial charge in [0, 0.05) is 0 Å². The summed E-state index contributed by atoms with van der Waals surface area (Å²) < 4.78 is 0. The number of amides is 3. The Hall–Kier alpha value is -2.37. The van der Waals surface area contributed by atoms with E-state index in [0.29, 0.717) is 0 Å². The number of rotatable bonds is 6. The minimum atomic E-state index is -0.775. The first kappa shape index (κ1) is 13.6. The number of hydrogen-bond donors (Lipinski definition) is 3. The molecule has 0 atom stereocenters. The Balaban J connectivity index is 4.48. The molecule has 0 saturated heterocycles. The summed E-state index contributed by atoms with van der Waals surface area (Å²) in [5.41, 5.74) is 9.80. The van der Waals surface area contributed by atoms with Crippen LogP contribution in [0.25, 0.3) is 0 Å².